The van der Waals surface area contributed by atoms with Crippen molar-refractivity contribution in [3.8, 4) is 11.5 Å². The molecule has 0 atom stereocenters. The molecule has 2 aromatic heterocycles. The summed E-state index contributed by atoms with van der Waals surface area (Å²) < 4.78 is 7.17. The summed E-state index contributed by atoms with van der Waals surface area (Å²) >= 11 is 0. The first-order valence-corrected chi connectivity index (χ1v) is 8.83. The van der Waals surface area contributed by atoms with Crippen LogP contribution in [0.2, 0.25) is 0 Å². The Labute approximate surface area is 152 Å². The topological polar surface area (TPSA) is 74.8 Å². The average molecular weight is 359 g/mol. The number of aromatic nitrogens is 2. The summed E-state index contributed by atoms with van der Waals surface area (Å²) in [7, 11) is 3.50. The highest BCUT2D eigenvalue weighted by Gasteiger charge is 2.24. The normalized spacial score (nSPS) is 15.3. The third-order valence-electron chi connectivity index (χ3n) is 4.82. The minimum Gasteiger partial charge on any atom is -0.354 e. The van der Waals surface area contributed by atoms with Crippen LogP contribution in [0.1, 0.15) is 17.4 Å². The van der Waals surface area contributed by atoms with E-state index in [0.29, 0.717) is 18.8 Å². The van der Waals surface area contributed by atoms with E-state index in [0.717, 1.165) is 25.3 Å². The molecule has 3 rings (SSSR count). The van der Waals surface area contributed by atoms with Crippen LogP contribution in [0.5, 0.6) is 0 Å². The number of amides is 2. The Morgan fingerprint density at radius 3 is 2.62 bits per heavy atom. The predicted molar refractivity (Wildman–Crippen MR) is 96.6 cm³/mol. The molecule has 1 aliphatic heterocycles. The summed E-state index contributed by atoms with van der Waals surface area (Å²) in [6.45, 7) is 6.32. The van der Waals surface area contributed by atoms with Crippen molar-refractivity contribution < 1.29 is 14.1 Å². The van der Waals surface area contributed by atoms with Crippen LogP contribution in [0.15, 0.2) is 28.9 Å². The van der Waals surface area contributed by atoms with Crippen LogP contribution in [0.4, 0.5) is 0 Å². The van der Waals surface area contributed by atoms with Gasteiger partial charge >= 0.3 is 0 Å². The van der Waals surface area contributed by atoms with Crippen molar-refractivity contribution in [2.45, 2.75) is 6.92 Å². The number of carbonyl (C=O) groups is 2. The molecule has 26 heavy (non-hydrogen) atoms. The van der Waals surface area contributed by atoms with E-state index < -0.39 is 0 Å². The Bertz CT molecular complexity index is 773. The van der Waals surface area contributed by atoms with E-state index in [9.17, 15) is 9.59 Å². The highest BCUT2D eigenvalue weighted by molar-refractivity contribution is 5.95. The average Bonchev–Trinajstić information content (AvgIpc) is 3.29. The number of carbonyl (C=O) groups excluding carboxylic acids is 2. The van der Waals surface area contributed by atoms with Gasteiger partial charge in [-0.1, -0.05) is 12.1 Å². The molecular weight excluding hydrogens is 334 g/mol. The van der Waals surface area contributed by atoms with Gasteiger partial charge < -0.3 is 23.8 Å². The van der Waals surface area contributed by atoms with Crippen LogP contribution in [-0.2, 0) is 11.8 Å². The van der Waals surface area contributed by atoms with Crippen molar-refractivity contribution in [3.05, 3.63) is 30.1 Å². The Hall–Kier alpha value is -2.61. The fourth-order valence-electron chi connectivity index (χ4n) is 3.10. The fourth-order valence-corrected chi connectivity index (χ4v) is 3.10. The predicted octanol–water partition coefficient (Wildman–Crippen LogP) is 0.916. The molecule has 0 saturated carbocycles. The maximum absolute atomic E-state index is 12.5. The van der Waals surface area contributed by atoms with Gasteiger partial charge in [0, 0.05) is 52.5 Å². The zero-order valence-electron chi connectivity index (χ0n) is 15.5. The van der Waals surface area contributed by atoms with Gasteiger partial charge in [0.1, 0.15) is 0 Å². The molecule has 2 aromatic rings. The van der Waals surface area contributed by atoms with Crippen LogP contribution in [0.25, 0.3) is 11.5 Å². The molecule has 0 N–H and O–H groups in total. The summed E-state index contributed by atoms with van der Waals surface area (Å²) in [5.74, 6) is 0.161. The Morgan fingerprint density at radius 2 is 2.00 bits per heavy atom. The maximum atomic E-state index is 12.5. The van der Waals surface area contributed by atoms with E-state index in [-0.39, 0.29) is 24.1 Å². The monoisotopic (exact) mass is 359 g/mol. The van der Waals surface area contributed by atoms with Crippen LogP contribution in [-0.4, -0.2) is 82.6 Å². The molecule has 0 aromatic carbocycles. The third-order valence-corrected chi connectivity index (χ3v) is 4.82. The minimum atomic E-state index is -0.324. The van der Waals surface area contributed by atoms with Gasteiger partial charge in [-0.3, -0.25) is 9.59 Å². The molecule has 0 unspecified atom stereocenters. The van der Waals surface area contributed by atoms with E-state index >= 15 is 0 Å². The molecule has 0 aliphatic carbocycles. The summed E-state index contributed by atoms with van der Waals surface area (Å²) in [6.07, 6.45) is 1.89. The Morgan fingerprint density at radius 1 is 1.27 bits per heavy atom. The fraction of sp³-hybridized carbons (Fsp3) is 0.500. The number of hydrogen-bond acceptors (Lipinski definition) is 5. The van der Waals surface area contributed by atoms with Crippen LogP contribution >= 0.6 is 0 Å². The summed E-state index contributed by atoms with van der Waals surface area (Å²) in [4.78, 5) is 30.5. The number of aryl methyl sites for hydroxylation is 1. The van der Waals surface area contributed by atoms with Gasteiger partial charge in [-0.15, -0.1) is 0 Å². The van der Waals surface area contributed by atoms with Crippen molar-refractivity contribution in [3.63, 3.8) is 0 Å². The highest BCUT2D eigenvalue weighted by atomic mass is 16.5. The maximum Gasteiger partial charge on any atom is 0.276 e. The number of rotatable bonds is 5. The first kappa shape index (κ1) is 18.2. The zero-order valence-corrected chi connectivity index (χ0v) is 15.5. The molecule has 3 heterocycles. The first-order valence-electron chi connectivity index (χ1n) is 8.83. The second kappa shape index (κ2) is 7.74. The molecule has 8 nitrogen and oxygen atoms in total. The molecule has 1 saturated heterocycles. The number of likely N-dealkylation sites (N-methyl/N-ethyl adjacent to an activating group) is 2. The molecule has 0 radical (unpaired) electrons. The second-order valence-corrected chi connectivity index (χ2v) is 6.56. The zero-order chi connectivity index (χ0) is 18.7. The van der Waals surface area contributed by atoms with Crippen molar-refractivity contribution in [2.24, 2.45) is 7.05 Å². The van der Waals surface area contributed by atoms with E-state index in [1.165, 1.54) is 4.90 Å². The molecule has 1 fully saturated rings. The highest BCUT2D eigenvalue weighted by Crippen LogP contribution is 2.20. The standard InChI is InChI=1S/C18H25N5O3/c1-4-22-8-10-23(11-9-22)17(24)13-21(3)18(25)14-12-16(26-19-14)15-6-5-7-20(15)2/h5-7,12H,4,8-11,13H2,1-3H3. The molecule has 2 amide bonds. The van der Waals surface area contributed by atoms with Gasteiger partial charge in [-0.2, -0.15) is 0 Å². The summed E-state index contributed by atoms with van der Waals surface area (Å²) in [6, 6.07) is 5.39. The van der Waals surface area contributed by atoms with Crippen LogP contribution in [0.3, 0.4) is 0 Å². The lowest BCUT2D eigenvalue weighted by atomic mass is 10.2. The Kier molecular flexibility index (Phi) is 5.41. The van der Waals surface area contributed by atoms with E-state index in [1.807, 2.05) is 34.8 Å². The van der Waals surface area contributed by atoms with Crippen molar-refractivity contribution >= 4 is 11.8 Å². The number of nitrogens with zero attached hydrogens (tertiary/aromatic N) is 5. The lowest BCUT2D eigenvalue weighted by Gasteiger charge is -2.34. The van der Waals surface area contributed by atoms with Gasteiger partial charge in [0.05, 0.1) is 12.2 Å². The molecule has 1 aliphatic rings. The molecule has 0 spiro atoms. The lowest BCUT2D eigenvalue weighted by Crippen LogP contribution is -2.51. The van der Waals surface area contributed by atoms with E-state index in [2.05, 4.69) is 17.0 Å². The SMILES string of the molecule is CCN1CCN(C(=O)CN(C)C(=O)c2cc(-c3cccn3C)on2)CC1. The largest absolute Gasteiger partial charge is 0.354 e. The van der Waals surface area contributed by atoms with Gasteiger partial charge in [-0.05, 0) is 18.7 Å². The van der Waals surface area contributed by atoms with Crippen molar-refractivity contribution in [1.82, 2.24) is 24.4 Å². The van der Waals surface area contributed by atoms with Gasteiger partial charge in [0.2, 0.25) is 5.91 Å². The van der Waals surface area contributed by atoms with Crippen LogP contribution in [0, 0.1) is 0 Å². The molecule has 140 valence electrons. The van der Waals surface area contributed by atoms with Crippen molar-refractivity contribution in [2.75, 3.05) is 46.3 Å². The van der Waals surface area contributed by atoms with Gasteiger partial charge in [0.15, 0.2) is 11.5 Å². The minimum absolute atomic E-state index is 0.0390. The third kappa shape index (κ3) is 3.80. The van der Waals surface area contributed by atoms with E-state index in [4.69, 9.17) is 4.52 Å². The molecule has 8 heteroatoms. The van der Waals surface area contributed by atoms with Gasteiger partial charge in [-0.25, -0.2) is 0 Å². The molecule has 0 bridgehead atoms. The summed E-state index contributed by atoms with van der Waals surface area (Å²) in [5, 5.41) is 3.86. The lowest BCUT2D eigenvalue weighted by molar-refractivity contribution is -0.133. The number of hydrogen-bond donors (Lipinski definition) is 0. The van der Waals surface area contributed by atoms with Gasteiger partial charge in [0.25, 0.3) is 5.91 Å². The molecular formula is C18H25N5O3. The summed E-state index contributed by atoms with van der Waals surface area (Å²) in [5.41, 5.74) is 1.04. The van der Waals surface area contributed by atoms with E-state index in [1.54, 1.807) is 13.1 Å². The Balaban J connectivity index is 1.59. The van der Waals surface area contributed by atoms with Crippen LogP contribution < -0.4 is 0 Å². The van der Waals surface area contributed by atoms with Crippen molar-refractivity contribution in [1.29, 1.82) is 0 Å². The number of piperazine rings is 1. The quantitative estimate of drug-likeness (QED) is 0.793. The second-order valence-electron chi connectivity index (χ2n) is 6.56. The first-order chi connectivity index (χ1) is 12.5. The smallest absolute Gasteiger partial charge is 0.276 e.